The van der Waals surface area contributed by atoms with Gasteiger partial charge in [0.1, 0.15) is 17.3 Å². The maximum Gasteiger partial charge on any atom is 0.303 e. The Kier molecular flexibility index (Phi) is 6.98. The molecule has 6 heteroatoms. The van der Waals surface area contributed by atoms with Crippen LogP contribution in [0.25, 0.3) is 11.0 Å². The van der Waals surface area contributed by atoms with Gasteiger partial charge in [-0.2, -0.15) is 0 Å². The van der Waals surface area contributed by atoms with Crippen LogP contribution in [0.4, 0.5) is 0 Å². The van der Waals surface area contributed by atoms with Gasteiger partial charge >= 0.3 is 5.97 Å². The van der Waals surface area contributed by atoms with Crippen LogP contribution in [-0.2, 0) is 17.8 Å². The molecule has 0 aliphatic rings. The van der Waals surface area contributed by atoms with E-state index in [1.807, 2.05) is 39.0 Å². The normalized spacial score (nSPS) is 11.1. The summed E-state index contributed by atoms with van der Waals surface area (Å²) in [6.45, 7) is 9.95. The van der Waals surface area contributed by atoms with Crippen molar-refractivity contribution in [2.75, 3.05) is 13.2 Å². The SMILES string of the molecule is CCOc1ccc(Cn2c(C)nc3c(C)cc(OCCCC(=O)O)cc32)c(CC)c1. The summed E-state index contributed by atoms with van der Waals surface area (Å²) in [4.78, 5) is 15.5. The van der Waals surface area contributed by atoms with Gasteiger partial charge in [0.2, 0.25) is 0 Å². The molecule has 2 aromatic carbocycles. The lowest BCUT2D eigenvalue weighted by Crippen LogP contribution is -2.06. The molecule has 0 saturated heterocycles. The topological polar surface area (TPSA) is 73.6 Å². The molecule has 160 valence electrons. The van der Waals surface area contributed by atoms with E-state index < -0.39 is 5.97 Å². The van der Waals surface area contributed by atoms with Gasteiger partial charge in [-0.25, -0.2) is 4.98 Å². The minimum absolute atomic E-state index is 0.107. The molecule has 0 spiro atoms. The highest BCUT2D eigenvalue weighted by Gasteiger charge is 2.14. The molecule has 0 atom stereocenters. The molecule has 0 radical (unpaired) electrons. The van der Waals surface area contributed by atoms with Crippen molar-refractivity contribution in [1.29, 1.82) is 0 Å². The van der Waals surface area contributed by atoms with Gasteiger partial charge in [-0.1, -0.05) is 13.0 Å². The number of carboxylic acids is 1. The molecule has 0 amide bonds. The van der Waals surface area contributed by atoms with Crippen molar-refractivity contribution < 1.29 is 19.4 Å². The molecule has 0 aliphatic heterocycles. The van der Waals surface area contributed by atoms with Gasteiger partial charge in [-0.3, -0.25) is 4.79 Å². The van der Waals surface area contributed by atoms with Gasteiger partial charge in [0.05, 0.1) is 24.2 Å². The Morgan fingerprint density at radius 2 is 1.87 bits per heavy atom. The molecular weight excluding hydrogens is 380 g/mol. The Hall–Kier alpha value is -3.02. The summed E-state index contributed by atoms with van der Waals surface area (Å²) in [5.41, 5.74) is 5.55. The Balaban J connectivity index is 1.90. The van der Waals surface area contributed by atoms with E-state index in [-0.39, 0.29) is 6.42 Å². The first kappa shape index (κ1) is 21.7. The van der Waals surface area contributed by atoms with Gasteiger partial charge in [0.15, 0.2) is 0 Å². The Labute approximate surface area is 177 Å². The van der Waals surface area contributed by atoms with E-state index in [2.05, 4.69) is 23.6 Å². The van der Waals surface area contributed by atoms with Crippen LogP contribution in [0.5, 0.6) is 11.5 Å². The van der Waals surface area contributed by atoms with E-state index in [9.17, 15) is 4.79 Å². The van der Waals surface area contributed by atoms with Crippen LogP contribution in [0.3, 0.4) is 0 Å². The highest BCUT2D eigenvalue weighted by molar-refractivity contribution is 5.81. The number of aryl methyl sites for hydroxylation is 3. The van der Waals surface area contributed by atoms with E-state index in [1.165, 1.54) is 11.1 Å². The maximum absolute atomic E-state index is 10.7. The molecule has 0 bridgehead atoms. The standard InChI is InChI=1S/C24H30N2O4/c1-5-18-13-20(29-6-2)10-9-19(18)15-26-17(4)25-24-16(3)12-21(14-22(24)26)30-11-7-8-23(27)28/h9-10,12-14H,5-8,11,15H2,1-4H3,(H,27,28). The summed E-state index contributed by atoms with van der Waals surface area (Å²) in [6, 6.07) is 10.2. The molecule has 6 nitrogen and oxygen atoms in total. The van der Waals surface area contributed by atoms with Crippen LogP contribution in [-0.4, -0.2) is 33.8 Å². The fourth-order valence-electron chi connectivity index (χ4n) is 3.69. The van der Waals surface area contributed by atoms with Crippen molar-refractivity contribution in [1.82, 2.24) is 9.55 Å². The number of imidazole rings is 1. The number of fused-ring (bicyclic) bond motifs is 1. The number of hydrogen-bond donors (Lipinski definition) is 1. The van der Waals surface area contributed by atoms with Crippen LogP contribution in [0.1, 0.15) is 49.2 Å². The van der Waals surface area contributed by atoms with Crippen molar-refractivity contribution in [2.24, 2.45) is 0 Å². The van der Waals surface area contributed by atoms with Gasteiger partial charge in [0, 0.05) is 19.0 Å². The summed E-state index contributed by atoms with van der Waals surface area (Å²) in [5.74, 6) is 1.79. The molecule has 30 heavy (non-hydrogen) atoms. The fraction of sp³-hybridized carbons (Fsp3) is 0.417. The Bertz CT molecular complexity index is 1040. The maximum atomic E-state index is 10.7. The van der Waals surface area contributed by atoms with Crippen molar-refractivity contribution in [3.8, 4) is 11.5 Å². The second kappa shape index (κ2) is 9.65. The summed E-state index contributed by atoms with van der Waals surface area (Å²) in [7, 11) is 0. The van der Waals surface area contributed by atoms with Crippen LogP contribution in [0, 0.1) is 13.8 Å². The van der Waals surface area contributed by atoms with Crippen LogP contribution >= 0.6 is 0 Å². The fourth-order valence-corrected chi connectivity index (χ4v) is 3.69. The van der Waals surface area contributed by atoms with Crippen LogP contribution in [0.2, 0.25) is 0 Å². The summed E-state index contributed by atoms with van der Waals surface area (Å²) >= 11 is 0. The summed E-state index contributed by atoms with van der Waals surface area (Å²) in [5, 5.41) is 8.79. The molecule has 0 fully saturated rings. The lowest BCUT2D eigenvalue weighted by molar-refractivity contribution is -0.137. The van der Waals surface area contributed by atoms with Crippen LogP contribution < -0.4 is 9.47 Å². The van der Waals surface area contributed by atoms with E-state index in [4.69, 9.17) is 19.6 Å². The van der Waals surface area contributed by atoms with Crippen molar-refractivity contribution in [2.45, 2.75) is 53.5 Å². The molecule has 0 aliphatic carbocycles. The monoisotopic (exact) mass is 410 g/mol. The van der Waals surface area contributed by atoms with Gasteiger partial charge in [-0.15, -0.1) is 0 Å². The molecule has 1 heterocycles. The van der Waals surface area contributed by atoms with Gasteiger partial charge in [-0.05, 0) is 68.5 Å². The Morgan fingerprint density at radius 1 is 1.07 bits per heavy atom. The molecule has 1 aromatic heterocycles. The van der Waals surface area contributed by atoms with E-state index in [1.54, 1.807) is 0 Å². The Morgan fingerprint density at radius 3 is 2.57 bits per heavy atom. The zero-order chi connectivity index (χ0) is 21.7. The first-order valence-electron chi connectivity index (χ1n) is 10.5. The highest BCUT2D eigenvalue weighted by Crippen LogP contribution is 2.28. The average molecular weight is 411 g/mol. The first-order valence-corrected chi connectivity index (χ1v) is 10.5. The van der Waals surface area contributed by atoms with E-state index in [0.29, 0.717) is 19.6 Å². The first-order chi connectivity index (χ1) is 14.4. The molecule has 0 saturated carbocycles. The minimum atomic E-state index is -0.805. The predicted octanol–water partition coefficient (Wildman–Crippen LogP) is 4.91. The largest absolute Gasteiger partial charge is 0.494 e. The number of benzene rings is 2. The number of carbonyl (C=O) groups is 1. The number of carboxylic acid groups (broad SMARTS) is 1. The average Bonchev–Trinajstić information content (AvgIpc) is 3.02. The second-order valence-electron chi connectivity index (χ2n) is 7.42. The van der Waals surface area contributed by atoms with Crippen molar-refractivity contribution in [3.63, 3.8) is 0 Å². The van der Waals surface area contributed by atoms with E-state index >= 15 is 0 Å². The number of ether oxygens (including phenoxy) is 2. The molecule has 3 aromatic rings. The van der Waals surface area contributed by atoms with Crippen LogP contribution in [0.15, 0.2) is 30.3 Å². The number of aliphatic carboxylic acids is 1. The third-order valence-corrected chi connectivity index (χ3v) is 5.21. The third kappa shape index (κ3) is 4.93. The lowest BCUT2D eigenvalue weighted by Gasteiger charge is -2.14. The molecule has 1 N–H and O–H groups in total. The van der Waals surface area contributed by atoms with Crippen molar-refractivity contribution in [3.05, 3.63) is 52.8 Å². The quantitative estimate of drug-likeness (QED) is 0.481. The minimum Gasteiger partial charge on any atom is -0.494 e. The molecule has 3 rings (SSSR count). The summed E-state index contributed by atoms with van der Waals surface area (Å²) < 4.78 is 13.7. The number of hydrogen-bond acceptors (Lipinski definition) is 4. The number of rotatable bonds is 10. The summed E-state index contributed by atoms with van der Waals surface area (Å²) in [6.07, 6.45) is 1.52. The number of nitrogens with zero attached hydrogens (tertiary/aromatic N) is 2. The molecular formula is C24H30N2O4. The lowest BCUT2D eigenvalue weighted by atomic mass is 10.0. The van der Waals surface area contributed by atoms with Crippen molar-refractivity contribution >= 4 is 17.0 Å². The molecule has 0 unspecified atom stereocenters. The third-order valence-electron chi connectivity index (χ3n) is 5.21. The highest BCUT2D eigenvalue weighted by atomic mass is 16.5. The second-order valence-corrected chi connectivity index (χ2v) is 7.42. The van der Waals surface area contributed by atoms with Gasteiger partial charge < -0.3 is 19.1 Å². The predicted molar refractivity (Wildman–Crippen MR) is 118 cm³/mol. The smallest absolute Gasteiger partial charge is 0.303 e. The zero-order valence-corrected chi connectivity index (χ0v) is 18.2. The zero-order valence-electron chi connectivity index (χ0n) is 18.2. The number of aromatic nitrogens is 2. The van der Waals surface area contributed by atoms with Gasteiger partial charge in [0.25, 0.3) is 0 Å². The van der Waals surface area contributed by atoms with E-state index in [0.717, 1.165) is 46.9 Å².